The number of thioether (sulfide) groups is 1. The molecule has 1 aromatic carbocycles. The Hall–Kier alpha value is -3.32. The topological polar surface area (TPSA) is 79.4 Å². The van der Waals surface area contributed by atoms with Crippen LogP contribution in [-0.2, 0) is 4.79 Å². The van der Waals surface area contributed by atoms with Gasteiger partial charge in [0.05, 0.1) is 17.7 Å². The van der Waals surface area contributed by atoms with E-state index in [1.54, 1.807) is 55.9 Å². The molecule has 1 fully saturated rings. The molecule has 1 aliphatic heterocycles. The number of carbonyl (C=O) groups is 1. The van der Waals surface area contributed by atoms with Crippen LogP contribution in [0, 0.1) is 5.41 Å². The van der Waals surface area contributed by atoms with Crippen LogP contribution in [0.3, 0.4) is 0 Å². The minimum Gasteiger partial charge on any atom is -0.497 e. The molecule has 4 rings (SSSR count). The number of pyridine rings is 1. The molecule has 0 radical (unpaired) electrons. The van der Waals surface area contributed by atoms with Crippen molar-refractivity contribution < 1.29 is 13.9 Å². The van der Waals surface area contributed by atoms with E-state index in [2.05, 4.69) is 4.98 Å². The molecule has 6 nitrogen and oxygen atoms in total. The quantitative estimate of drug-likeness (QED) is 0.682. The predicted molar refractivity (Wildman–Crippen MR) is 106 cm³/mol. The highest BCUT2D eigenvalue weighted by molar-refractivity contribution is 8.19. The van der Waals surface area contributed by atoms with E-state index in [0.717, 1.165) is 17.3 Å². The van der Waals surface area contributed by atoms with Crippen molar-refractivity contribution in [3.05, 3.63) is 71.6 Å². The lowest BCUT2D eigenvalue weighted by Crippen LogP contribution is -2.27. The molecule has 0 atom stereocenters. The van der Waals surface area contributed by atoms with Crippen LogP contribution in [0.1, 0.15) is 5.76 Å². The molecule has 0 spiro atoms. The summed E-state index contributed by atoms with van der Waals surface area (Å²) >= 11 is 1.11. The van der Waals surface area contributed by atoms with Crippen LogP contribution in [-0.4, -0.2) is 23.2 Å². The second-order valence-electron chi connectivity index (χ2n) is 5.69. The monoisotopic (exact) mass is 377 g/mol. The molecule has 0 unspecified atom stereocenters. The van der Waals surface area contributed by atoms with Crippen LogP contribution in [0.15, 0.2) is 70.2 Å². The van der Waals surface area contributed by atoms with Gasteiger partial charge in [-0.25, -0.2) is 0 Å². The van der Waals surface area contributed by atoms with Gasteiger partial charge in [0.2, 0.25) is 0 Å². The van der Waals surface area contributed by atoms with Gasteiger partial charge in [-0.2, -0.15) is 0 Å². The molecule has 2 aromatic heterocycles. The van der Waals surface area contributed by atoms with Crippen LogP contribution < -0.4 is 9.64 Å². The Morgan fingerprint density at radius 1 is 1.11 bits per heavy atom. The summed E-state index contributed by atoms with van der Waals surface area (Å²) in [4.78, 5) is 18.6. The standard InChI is InChI=1S/C20H15N3O3S/c1-25-15-4-2-14(3-5-15)23-19(24)18(27-20(23)21)12-16-6-7-17(26-16)13-8-10-22-11-9-13/h2-12,21H,1H3. The van der Waals surface area contributed by atoms with E-state index >= 15 is 0 Å². The van der Waals surface area contributed by atoms with Crippen molar-refractivity contribution in [2.45, 2.75) is 0 Å². The maximum atomic E-state index is 12.8. The smallest absolute Gasteiger partial charge is 0.271 e. The summed E-state index contributed by atoms with van der Waals surface area (Å²) in [7, 11) is 1.58. The number of nitrogens with zero attached hydrogens (tertiary/aromatic N) is 2. The summed E-state index contributed by atoms with van der Waals surface area (Å²) in [5.41, 5.74) is 1.53. The van der Waals surface area contributed by atoms with Crippen molar-refractivity contribution in [1.82, 2.24) is 4.98 Å². The van der Waals surface area contributed by atoms with E-state index in [0.29, 0.717) is 27.9 Å². The SMILES string of the molecule is COc1ccc(N2C(=N)SC(=Cc3ccc(-c4ccncc4)o3)C2=O)cc1. The van der Waals surface area contributed by atoms with E-state index in [1.165, 1.54) is 4.90 Å². The predicted octanol–water partition coefficient (Wildman–Crippen LogP) is 4.41. The van der Waals surface area contributed by atoms with Gasteiger partial charge >= 0.3 is 0 Å². The minimum absolute atomic E-state index is 0.150. The Morgan fingerprint density at radius 2 is 1.85 bits per heavy atom. The zero-order valence-electron chi connectivity index (χ0n) is 14.4. The molecule has 134 valence electrons. The minimum atomic E-state index is -0.253. The molecule has 0 saturated carbocycles. The van der Waals surface area contributed by atoms with Crippen LogP contribution in [0.4, 0.5) is 5.69 Å². The highest BCUT2D eigenvalue weighted by atomic mass is 32.2. The molecule has 3 aromatic rings. The van der Waals surface area contributed by atoms with Crippen molar-refractivity contribution in [2.24, 2.45) is 0 Å². The largest absolute Gasteiger partial charge is 0.497 e. The Morgan fingerprint density at radius 3 is 2.56 bits per heavy atom. The Bertz CT molecular complexity index is 1030. The third kappa shape index (κ3) is 3.37. The number of ether oxygens (including phenoxy) is 1. The molecule has 1 N–H and O–H groups in total. The number of nitrogens with one attached hydrogen (secondary N) is 1. The van der Waals surface area contributed by atoms with E-state index < -0.39 is 0 Å². The summed E-state index contributed by atoms with van der Waals surface area (Å²) in [6.07, 6.45) is 5.05. The molecule has 3 heterocycles. The van der Waals surface area contributed by atoms with Crippen molar-refractivity contribution >= 4 is 34.6 Å². The highest BCUT2D eigenvalue weighted by Gasteiger charge is 2.33. The van der Waals surface area contributed by atoms with Gasteiger partial charge in [-0.1, -0.05) is 0 Å². The molecular weight excluding hydrogens is 362 g/mol. The summed E-state index contributed by atoms with van der Waals surface area (Å²) < 4.78 is 10.9. The summed E-state index contributed by atoms with van der Waals surface area (Å²) in [6.45, 7) is 0. The number of anilines is 1. The van der Waals surface area contributed by atoms with E-state index in [9.17, 15) is 4.79 Å². The molecule has 27 heavy (non-hydrogen) atoms. The third-order valence-electron chi connectivity index (χ3n) is 4.02. The summed E-state index contributed by atoms with van der Waals surface area (Å²) in [5, 5.41) is 8.32. The number of rotatable bonds is 4. The van der Waals surface area contributed by atoms with Crippen molar-refractivity contribution in [3.8, 4) is 17.1 Å². The second kappa shape index (κ2) is 7.13. The van der Waals surface area contributed by atoms with Gasteiger partial charge in [-0.05, 0) is 60.3 Å². The number of hydrogen-bond acceptors (Lipinski definition) is 6. The van der Waals surface area contributed by atoms with Crippen LogP contribution in [0.5, 0.6) is 5.75 Å². The van der Waals surface area contributed by atoms with Crippen molar-refractivity contribution in [1.29, 1.82) is 5.41 Å². The first-order chi connectivity index (χ1) is 13.2. The number of carbonyl (C=O) groups excluding carboxylic acids is 1. The molecule has 0 aliphatic carbocycles. The van der Waals surface area contributed by atoms with Crippen LogP contribution in [0.25, 0.3) is 17.4 Å². The summed E-state index contributed by atoms with van der Waals surface area (Å²) in [6, 6.07) is 14.4. The van der Waals surface area contributed by atoms with E-state index in [1.807, 2.05) is 18.2 Å². The highest BCUT2D eigenvalue weighted by Crippen LogP contribution is 2.36. The number of benzene rings is 1. The Balaban J connectivity index is 1.59. The van der Waals surface area contributed by atoms with Gasteiger partial charge in [-0.15, -0.1) is 0 Å². The fourth-order valence-electron chi connectivity index (χ4n) is 2.68. The van der Waals surface area contributed by atoms with Gasteiger partial charge < -0.3 is 9.15 Å². The normalized spacial score (nSPS) is 15.6. The lowest BCUT2D eigenvalue weighted by molar-refractivity contribution is -0.113. The molecule has 7 heteroatoms. The van der Waals surface area contributed by atoms with Crippen molar-refractivity contribution in [2.75, 3.05) is 12.0 Å². The van der Waals surface area contributed by atoms with E-state index in [4.69, 9.17) is 14.6 Å². The third-order valence-corrected chi connectivity index (χ3v) is 4.91. The average molecular weight is 377 g/mol. The Kier molecular flexibility index (Phi) is 4.52. The summed E-state index contributed by atoms with van der Waals surface area (Å²) in [5.74, 6) is 1.69. The number of amides is 1. The maximum Gasteiger partial charge on any atom is 0.271 e. The average Bonchev–Trinajstić information content (AvgIpc) is 3.27. The zero-order chi connectivity index (χ0) is 18.8. The molecule has 0 bridgehead atoms. The maximum absolute atomic E-state index is 12.8. The Labute approximate surface area is 160 Å². The fraction of sp³-hybridized carbons (Fsp3) is 0.0500. The zero-order valence-corrected chi connectivity index (χ0v) is 15.2. The van der Waals surface area contributed by atoms with Crippen LogP contribution in [0.2, 0.25) is 0 Å². The number of amidine groups is 1. The lowest BCUT2D eigenvalue weighted by atomic mass is 10.2. The number of methoxy groups -OCH3 is 1. The molecule has 1 saturated heterocycles. The first kappa shape index (κ1) is 17.1. The molecule has 1 aliphatic rings. The van der Waals surface area contributed by atoms with Gasteiger partial charge in [0.1, 0.15) is 17.3 Å². The fourth-order valence-corrected chi connectivity index (χ4v) is 3.53. The number of hydrogen-bond donors (Lipinski definition) is 1. The van der Waals surface area contributed by atoms with Gasteiger partial charge in [0.15, 0.2) is 5.17 Å². The first-order valence-electron chi connectivity index (χ1n) is 8.12. The van der Waals surface area contributed by atoms with Crippen LogP contribution >= 0.6 is 11.8 Å². The lowest BCUT2D eigenvalue weighted by Gasteiger charge is -2.14. The van der Waals surface area contributed by atoms with Gasteiger partial charge in [-0.3, -0.25) is 20.1 Å². The second-order valence-corrected chi connectivity index (χ2v) is 6.72. The van der Waals surface area contributed by atoms with E-state index in [-0.39, 0.29) is 11.1 Å². The molecular formula is C20H15N3O3S. The molecule has 1 amide bonds. The number of aromatic nitrogens is 1. The van der Waals surface area contributed by atoms with Gasteiger partial charge in [0, 0.05) is 24.0 Å². The van der Waals surface area contributed by atoms with Crippen molar-refractivity contribution in [3.63, 3.8) is 0 Å². The van der Waals surface area contributed by atoms with Gasteiger partial charge in [0.25, 0.3) is 5.91 Å². The first-order valence-corrected chi connectivity index (χ1v) is 8.94. The number of furan rings is 1.